The molecule has 0 aliphatic carbocycles. The standard InChI is InChI=1S/C20H22ClN3O/c21-18-13-17(7-8-19(18)23-10-3-4-11-23)22-20(25)24-12-9-15-5-1-2-6-16(15)14-24/h1-2,5-8,13H,3-4,9-12,14H2,(H,22,25). The number of hydrogen-bond donors (Lipinski definition) is 1. The number of anilines is 2. The molecule has 2 aromatic rings. The topological polar surface area (TPSA) is 35.6 Å². The van der Waals surface area contributed by atoms with Gasteiger partial charge < -0.3 is 15.1 Å². The quantitative estimate of drug-likeness (QED) is 0.859. The first-order valence-electron chi connectivity index (χ1n) is 8.88. The van der Waals surface area contributed by atoms with E-state index in [-0.39, 0.29) is 6.03 Å². The summed E-state index contributed by atoms with van der Waals surface area (Å²) in [7, 11) is 0. The Morgan fingerprint density at radius 1 is 1.00 bits per heavy atom. The van der Waals surface area contributed by atoms with Gasteiger partial charge in [0.15, 0.2) is 0 Å². The van der Waals surface area contributed by atoms with Gasteiger partial charge in [0.1, 0.15) is 0 Å². The predicted octanol–water partition coefficient (Wildman–Crippen LogP) is 4.53. The molecule has 2 heterocycles. The van der Waals surface area contributed by atoms with Gasteiger partial charge in [-0.25, -0.2) is 4.79 Å². The fourth-order valence-electron chi connectivity index (χ4n) is 3.67. The van der Waals surface area contributed by atoms with Crippen LogP contribution in [0.1, 0.15) is 24.0 Å². The molecule has 0 bridgehead atoms. The Hall–Kier alpha value is -2.20. The second-order valence-corrected chi connectivity index (χ2v) is 7.14. The molecule has 0 radical (unpaired) electrons. The van der Waals surface area contributed by atoms with E-state index in [1.165, 1.54) is 24.0 Å². The molecule has 1 N–H and O–H groups in total. The molecule has 0 aromatic heterocycles. The number of carbonyl (C=O) groups excluding carboxylic acids is 1. The highest BCUT2D eigenvalue weighted by Crippen LogP contribution is 2.31. The number of nitrogens with zero attached hydrogens (tertiary/aromatic N) is 2. The largest absolute Gasteiger partial charge is 0.370 e. The Kier molecular flexibility index (Phi) is 4.53. The average Bonchev–Trinajstić information content (AvgIpc) is 3.15. The number of halogens is 1. The van der Waals surface area contributed by atoms with Gasteiger partial charge in [0.25, 0.3) is 0 Å². The fraction of sp³-hybridized carbons (Fsp3) is 0.350. The Bertz CT molecular complexity index is 786. The Morgan fingerprint density at radius 3 is 2.52 bits per heavy atom. The molecule has 0 atom stereocenters. The van der Waals surface area contributed by atoms with Gasteiger partial charge >= 0.3 is 6.03 Å². The number of fused-ring (bicyclic) bond motifs is 1. The molecule has 130 valence electrons. The molecule has 2 amide bonds. The van der Waals surface area contributed by atoms with Gasteiger partial charge in [0, 0.05) is 31.9 Å². The minimum absolute atomic E-state index is 0.0699. The van der Waals surface area contributed by atoms with Crippen LogP contribution in [0.25, 0.3) is 0 Å². The van der Waals surface area contributed by atoms with Crippen LogP contribution in [0.2, 0.25) is 5.02 Å². The molecule has 2 aliphatic rings. The van der Waals surface area contributed by atoms with E-state index in [0.717, 1.165) is 37.4 Å². The summed E-state index contributed by atoms with van der Waals surface area (Å²) in [5, 5.41) is 3.68. The molecular formula is C20H22ClN3O. The number of nitrogens with one attached hydrogen (secondary N) is 1. The van der Waals surface area contributed by atoms with E-state index < -0.39 is 0 Å². The molecule has 2 aliphatic heterocycles. The van der Waals surface area contributed by atoms with Gasteiger partial charge in [0.05, 0.1) is 10.7 Å². The first-order chi connectivity index (χ1) is 12.2. The monoisotopic (exact) mass is 355 g/mol. The molecule has 2 aromatic carbocycles. The summed E-state index contributed by atoms with van der Waals surface area (Å²) in [5.74, 6) is 0. The van der Waals surface area contributed by atoms with Crippen LogP contribution in [-0.2, 0) is 13.0 Å². The second-order valence-electron chi connectivity index (χ2n) is 6.73. The van der Waals surface area contributed by atoms with E-state index in [4.69, 9.17) is 11.6 Å². The highest BCUT2D eigenvalue weighted by Gasteiger charge is 2.21. The zero-order valence-corrected chi connectivity index (χ0v) is 14.9. The average molecular weight is 356 g/mol. The van der Waals surface area contributed by atoms with Crippen LogP contribution in [0.5, 0.6) is 0 Å². The van der Waals surface area contributed by atoms with Crippen molar-refractivity contribution in [1.82, 2.24) is 4.90 Å². The normalized spacial score (nSPS) is 16.7. The molecule has 5 heteroatoms. The first-order valence-corrected chi connectivity index (χ1v) is 9.26. The van der Waals surface area contributed by atoms with Crippen molar-refractivity contribution in [1.29, 1.82) is 0 Å². The number of amides is 2. The van der Waals surface area contributed by atoms with Crippen molar-refractivity contribution in [3.05, 3.63) is 58.6 Å². The molecule has 25 heavy (non-hydrogen) atoms. The third-order valence-electron chi connectivity index (χ3n) is 5.06. The molecule has 4 nitrogen and oxygen atoms in total. The first kappa shape index (κ1) is 16.3. The van der Waals surface area contributed by atoms with Crippen LogP contribution in [0.4, 0.5) is 16.2 Å². The van der Waals surface area contributed by atoms with E-state index in [0.29, 0.717) is 11.6 Å². The molecule has 1 fully saturated rings. The third kappa shape index (κ3) is 3.45. The van der Waals surface area contributed by atoms with Crippen molar-refractivity contribution < 1.29 is 4.79 Å². The van der Waals surface area contributed by atoms with E-state index in [1.54, 1.807) is 0 Å². The summed E-state index contributed by atoms with van der Waals surface area (Å²) in [4.78, 5) is 16.7. The van der Waals surface area contributed by atoms with Crippen molar-refractivity contribution in [3.8, 4) is 0 Å². The maximum absolute atomic E-state index is 12.6. The maximum Gasteiger partial charge on any atom is 0.322 e. The van der Waals surface area contributed by atoms with E-state index >= 15 is 0 Å². The lowest BCUT2D eigenvalue weighted by molar-refractivity contribution is 0.206. The fourth-order valence-corrected chi connectivity index (χ4v) is 3.97. The van der Waals surface area contributed by atoms with Crippen molar-refractivity contribution >= 4 is 29.0 Å². The van der Waals surface area contributed by atoms with Crippen LogP contribution in [-0.4, -0.2) is 30.6 Å². The lowest BCUT2D eigenvalue weighted by Crippen LogP contribution is -2.38. The molecule has 1 saturated heterocycles. The lowest BCUT2D eigenvalue weighted by atomic mass is 10.0. The van der Waals surface area contributed by atoms with Gasteiger partial charge in [-0.15, -0.1) is 0 Å². The smallest absolute Gasteiger partial charge is 0.322 e. The molecule has 4 rings (SSSR count). The van der Waals surface area contributed by atoms with Crippen molar-refractivity contribution in [2.24, 2.45) is 0 Å². The minimum atomic E-state index is -0.0699. The summed E-state index contributed by atoms with van der Waals surface area (Å²) < 4.78 is 0. The third-order valence-corrected chi connectivity index (χ3v) is 5.37. The number of hydrogen-bond acceptors (Lipinski definition) is 2. The second kappa shape index (κ2) is 6.96. The zero-order chi connectivity index (χ0) is 17.2. The summed E-state index contributed by atoms with van der Waals surface area (Å²) in [5.41, 5.74) is 4.37. The summed E-state index contributed by atoms with van der Waals surface area (Å²) in [6.07, 6.45) is 3.33. The van der Waals surface area contributed by atoms with Crippen molar-refractivity contribution in [2.75, 3.05) is 29.9 Å². The summed E-state index contributed by atoms with van der Waals surface area (Å²) in [6, 6.07) is 14.0. The predicted molar refractivity (Wildman–Crippen MR) is 102 cm³/mol. The van der Waals surface area contributed by atoms with Gasteiger partial charge in [0.2, 0.25) is 0 Å². The van der Waals surface area contributed by atoms with Gasteiger partial charge in [-0.2, -0.15) is 0 Å². The highest BCUT2D eigenvalue weighted by atomic mass is 35.5. The van der Waals surface area contributed by atoms with Gasteiger partial charge in [-0.1, -0.05) is 35.9 Å². The summed E-state index contributed by atoms with van der Waals surface area (Å²) >= 11 is 6.44. The van der Waals surface area contributed by atoms with Crippen LogP contribution in [0, 0.1) is 0 Å². The minimum Gasteiger partial charge on any atom is -0.370 e. The van der Waals surface area contributed by atoms with Crippen LogP contribution in [0.15, 0.2) is 42.5 Å². The Balaban J connectivity index is 1.43. The molecular weight excluding hydrogens is 334 g/mol. The molecule has 0 spiro atoms. The molecule has 0 unspecified atom stereocenters. The lowest BCUT2D eigenvalue weighted by Gasteiger charge is -2.29. The van der Waals surface area contributed by atoms with Gasteiger partial charge in [-0.05, 0) is 48.6 Å². The molecule has 0 saturated carbocycles. The Morgan fingerprint density at radius 2 is 1.76 bits per heavy atom. The van der Waals surface area contributed by atoms with Crippen molar-refractivity contribution in [2.45, 2.75) is 25.8 Å². The van der Waals surface area contributed by atoms with E-state index in [2.05, 4.69) is 28.4 Å². The van der Waals surface area contributed by atoms with Crippen LogP contribution >= 0.6 is 11.6 Å². The van der Waals surface area contributed by atoms with Crippen molar-refractivity contribution in [3.63, 3.8) is 0 Å². The Labute approximate surface area is 153 Å². The zero-order valence-electron chi connectivity index (χ0n) is 14.2. The number of benzene rings is 2. The van der Waals surface area contributed by atoms with Crippen LogP contribution in [0.3, 0.4) is 0 Å². The number of carbonyl (C=O) groups is 1. The summed E-state index contributed by atoms with van der Waals surface area (Å²) in [6.45, 7) is 3.50. The highest BCUT2D eigenvalue weighted by molar-refractivity contribution is 6.33. The maximum atomic E-state index is 12.6. The number of urea groups is 1. The number of rotatable bonds is 2. The van der Waals surface area contributed by atoms with E-state index in [9.17, 15) is 4.79 Å². The SMILES string of the molecule is O=C(Nc1ccc(N2CCCC2)c(Cl)c1)N1CCc2ccccc2C1. The van der Waals surface area contributed by atoms with Crippen LogP contribution < -0.4 is 10.2 Å². The van der Waals surface area contributed by atoms with Gasteiger partial charge in [-0.3, -0.25) is 0 Å². The van der Waals surface area contributed by atoms with E-state index in [1.807, 2.05) is 29.2 Å².